The second kappa shape index (κ2) is 9.11. The molecule has 2 fully saturated rings. The highest BCUT2D eigenvalue weighted by Gasteiger charge is 2.31. The first kappa shape index (κ1) is 22.3. The first-order chi connectivity index (χ1) is 17.0. The third-order valence-electron chi connectivity index (χ3n) is 7.86. The number of hydrogen-bond acceptors (Lipinski definition) is 4. The molecule has 0 radical (unpaired) electrons. The third-order valence-corrected chi connectivity index (χ3v) is 7.86. The van der Waals surface area contributed by atoms with Crippen molar-refractivity contribution in [1.82, 2.24) is 19.9 Å². The quantitative estimate of drug-likeness (QED) is 0.407. The molecule has 4 aromatic rings. The molecule has 182 valence electrons. The number of piperidine rings is 1. The van der Waals surface area contributed by atoms with E-state index in [-0.39, 0.29) is 11.7 Å². The fourth-order valence-corrected chi connectivity index (χ4v) is 5.90. The van der Waals surface area contributed by atoms with Gasteiger partial charge in [0.1, 0.15) is 11.5 Å². The van der Waals surface area contributed by atoms with Gasteiger partial charge in [0.15, 0.2) is 5.58 Å². The zero-order valence-corrected chi connectivity index (χ0v) is 20.1. The lowest BCUT2D eigenvalue weighted by Gasteiger charge is -2.33. The highest BCUT2D eigenvalue weighted by Crippen LogP contribution is 2.33. The number of halogens is 1. The molecule has 1 atom stereocenters. The van der Waals surface area contributed by atoms with Gasteiger partial charge in [0.05, 0.1) is 5.69 Å². The predicted octanol–water partition coefficient (Wildman–Crippen LogP) is 5.63. The number of aromatic amines is 1. The van der Waals surface area contributed by atoms with Crippen molar-refractivity contribution in [3.63, 3.8) is 0 Å². The van der Waals surface area contributed by atoms with Crippen LogP contribution in [0.3, 0.4) is 0 Å². The molecule has 35 heavy (non-hydrogen) atoms. The van der Waals surface area contributed by atoms with Crippen molar-refractivity contribution in [2.45, 2.75) is 51.0 Å². The number of nitrogens with one attached hydrogen (secondary N) is 1. The third kappa shape index (κ3) is 4.33. The molecule has 2 aliphatic rings. The number of H-pyrrole nitrogens is 1. The number of likely N-dealkylation sites (tertiary alicyclic amines) is 2. The molecule has 6 rings (SSSR count). The van der Waals surface area contributed by atoms with Crippen molar-refractivity contribution in [1.29, 1.82) is 0 Å². The summed E-state index contributed by atoms with van der Waals surface area (Å²) in [5.74, 6) is 0.164. The van der Waals surface area contributed by atoms with Crippen LogP contribution in [-0.4, -0.2) is 58.1 Å². The van der Waals surface area contributed by atoms with Gasteiger partial charge in [-0.3, -0.25) is 4.79 Å². The van der Waals surface area contributed by atoms with Crippen molar-refractivity contribution in [3.8, 4) is 0 Å². The van der Waals surface area contributed by atoms with Gasteiger partial charge in [0, 0.05) is 47.4 Å². The summed E-state index contributed by atoms with van der Waals surface area (Å²) in [7, 11) is 0. The summed E-state index contributed by atoms with van der Waals surface area (Å²) in [5, 5.41) is 6.28. The van der Waals surface area contributed by atoms with Crippen LogP contribution in [0.4, 0.5) is 4.39 Å². The summed E-state index contributed by atoms with van der Waals surface area (Å²) in [5.41, 5.74) is 4.39. The van der Waals surface area contributed by atoms with Gasteiger partial charge in [-0.1, -0.05) is 17.3 Å². The monoisotopic (exact) mass is 474 g/mol. The van der Waals surface area contributed by atoms with Crippen molar-refractivity contribution < 1.29 is 13.7 Å². The van der Waals surface area contributed by atoms with E-state index in [1.54, 1.807) is 6.07 Å². The summed E-state index contributed by atoms with van der Waals surface area (Å²) in [6.45, 7) is 5.90. The molecule has 0 saturated carbocycles. The first-order valence-corrected chi connectivity index (χ1v) is 12.7. The summed E-state index contributed by atoms with van der Waals surface area (Å²) in [4.78, 5) is 21.2. The molecule has 2 saturated heterocycles. The zero-order chi connectivity index (χ0) is 23.9. The molecule has 2 aliphatic heterocycles. The van der Waals surface area contributed by atoms with E-state index in [2.05, 4.69) is 45.1 Å². The van der Waals surface area contributed by atoms with Gasteiger partial charge in [-0.15, -0.1) is 0 Å². The minimum atomic E-state index is -0.297. The fraction of sp³-hybridized carbons (Fsp3) is 0.429. The molecule has 1 N–H and O–H groups in total. The summed E-state index contributed by atoms with van der Waals surface area (Å²) in [6.07, 6.45) is 5.17. The Kier molecular flexibility index (Phi) is 5.80. The van der Waals surface area contributed by atoms with E-state index in [0.29, 0.717) is 23.2 Å². The largest absolute Gasteiger partial charge is 0.356 e. The number of rotatable bonds is 5. The van der Waals surface area contributed by atoms with Crippen LogP contribution in [0.15, 0.2) is 47.0 Å². The average molecular weight is 475 g/mol. The van der Waals surface area contributed by atoms with Gasteiger partial charge >= 0.3 is 0 Å². The Labute approximate surface area is 204 Å². The molecule has 2 aromatic heterocycles. The molecule has 1 amide bonds. The van der Waals surface area contributed by atoms with E-state index in [9.17, 15) is 9.18 Å². The number of nitrogens with zero attached hydrogens (tertiary/aromatic N) is 3. The lowest BCUT2D eigenvalue weighted by atomic mass is 9.91. The molecule has 0 bridgehead atoms. The van der Waals surface area contributed by atoms with Crippen LogP contribution >= 0.6 is 0 Å². The number of hydrogen-bond donors (Lipinski definition) is 1. The molecule has 6 nitrogen and oxygen atoms in total. The minimum Gasteiger partial charge on any atom is -0.356 e. The van der Waals surface area contributed by atoms with E-state index in [1.165, 1.54) is 17.7 Å². The maximum absolute atomic E-state index is 13.5. The summed E-state index contributed by atoms with van der Waals surface area (Å²) < 4.78 is 18.8. The van der Waals surface area contributed by atoms with Crippen molar-refractivity contribution in [2.24, 2.45) is 0 Å². The molecule has 0 unspecified atom stereocenters. The van der Waals surface area contributed by atoms with Gasteiger partial charge in [0.2, 0.25) is 0 Å². The van der Waals surface area contributed by atoms with Gasteiger partial charge < -0.3 is 19.3 Å². The molecule has 4 heterocycles. The zero-order valence-electron chi connectivity index (χ0n) is 20.1. The van der Waals surface area contributed by atoms with Crippen molar-refractivity contribution in [3.05, 3.63) is 65.2 Å². The Hall–Kier alpha value is -3.19. The average Bonchev–Trinajstić information content (AvgIpc) is 3.60. The fourth-order valence-electron chi connectivity index (χ4n) is 5.90. The molecule has 2 aromatic carbocycles. The standard InChI is InChI=1S/C28H31FN4O2/c1-18-4-5-20-16-25(30-24(20)15-18)28(34)33-11-2-3-22(33)10-14-32-12-8-19(9-13-32)27-23-7-6-21(29)17-26(23)35-31-27/h4-7,15-17,19,22,30H,2-3,8-14H2,1H3/t22-/m0/s1. The van der Waals surface area contributed by atoms with E-state index in [0.717, 1.165) is 80.3 Å². The number of aromatic nitrogens is 2. The lowest BCUT2D eigenvalue weighted by molar-refractivity contribution is 0.0712. The van der Waals surface area contributed by atoms with Crippen LogP contribution < -0.4 is 0 Å². The summed E-state index contributed by atoms with van der Waals surface area (Å²) in [6, 6.07) is 13.2. The van der Waals surface area contributed by atoms with E-state index in [4.69, 9.17) is 4.52 Å². The number of aryl methyl sites for hydroxylation is 1. The second-order valence-electron chi connectivity index (χ2n) is 10.2. The topological polar surface area (TPSA) is 65.4 Å². The Bertz CT molecular complexity index is 1370. The van der Waals surface area contributed by atoms with Crippen LogP contribution in [0.25, 0.3) is 21.9 Å². The number of carbonyl (C=O) groups is 1. The molecular formula is C28H31FN4O2. The SMILES string of the molecule is Cc1ccc2cc(C(=O)N3CCC[C@H]3CCN3CCC(c4noc5cc(F)ccc45)CC3)[nH]c2c1. The molecule has 0 aliphatic carbocycles. The van der Waals surface area contributed by atoms with Gasteiger partial charge in [-0.25, -0.2) is 4.39 Å². The first-order valence-electron chi connectivity index (χ1n) is 12.7. The van der Waals surface area contributed by atoms with Gasteiger partial charge in [0.25, 0.3) is 5.91 Å². The van der Waals surface area contributed by atoms with Gasteiger partial charge in [-0.2, -0.15) is 0 Å². The Morgan fingerprint density at radius 2 is 1.97 bits per heavy atom. The highest BCUT2D eigenvalue weighted by atomic mass is 19.1. The van der Waals surface area contributed by atoms with Crippen LogP contribution in [0, 0.1) is 12.7 Å². The van der Waals surface area contributed by atoms with Crippen molar-refractivity contribution >= 4 is 27.8 Å². The van der Waals surface area contributed by atoms with Crippen LogP contribution in [0.1, 0.15) is 59.8 Å². The Morgan fingerprint density at radius 1 is 1.11 bits per heavy atom. The van der Waals surface area contributed by atoms with E-state index >= 15 is 0 Å². The van der Waals surface area contributed by atoms with E-state index < -0.39 is 0 Å². The van der Waals surface area contributed by atoms with Crippen LogP contribution in [-0.2, 0) is 0 Å². The normalized spacial score (nSPS) is 19.8. The summed E-state index contributed by atoms with van der Waals surface area (Å²) >= 11 is 0. The maximum Gasteiger partial charge on any atom is 0.270 e. The van der Waals surface area contributed by atoms with E-state index in [1.807, 2.05) is 6.07 Å². The smallest absolute Gasteiger partial charge is 0.270 e. The van der Waals surface area contributed by atoms with Crippen LogP contribution in [0.2, 0.25) is 0 Å². The van der Waals surface area contributed by atoms with Gasteiger partial charge in [-0.05, 0) is 81.9 Å². The highest BCUT2D eigenvalue weighted by molar-refractivity contribution is 5.98. The minimum absolute atomic E-state index is 0.120. The van der Waals surface area contributed by atoms with Crippen molar-refractivity contribution in [2.75, 3.05) is 26.2 Å². The number of fused-ring (bicyclic) bond motifs is 2. The molecule has 0 spiro atoms. The number of amides is 1. The lowest BCUT2D eigenvalue weighted by Crippen LogP contribution is -2.40. The molecule has 7 heteroatoms. The maximum atomic E-state index is 13.5. The van der Waals surface area contributed by atoms with Crippen LogP contribution in [0.5, 0.6) is 0 Å². The predicted molar refractivity (Wildman–Crippen MR) is 134 cm³/mol. The Balaban J connectivity index is 1.05. The number of benzene rings is 2. The second-order valence-corrected chi connectivity index (χ2v) is 10.2. The Morgan fingerprint density at radius 3 is 2.83 bits per heavy atom. The molecular weight excluding hydrogens is 443 g/mol. The number of carbonyl (C=O) groups excluding carboxylic acids is 1.